The van der Waals surface area contributed by atoms with Crippen molar-refractivity contribution >= 4 is 11.8 Å². The minimum Gasteiger partial charge on any atom is -0.355 e. The minimum atomic E-state index is -0.268. The summed E-state index contributed by atoms with van der Waals surface area (Å²) >= 11 is 0. The highest BCUT2D eigenvalue weighted by atomic mass is 16.2. The van der Waals surface area contributed by atoms with Crippen LogP contribution in [0.5, 0.6) is 0 Å². The van der Waals surface area contributed by atoms with Gasteiger partial charge in [0.15, 0.2) is 0 Å². The number of carbonyl (C=O) groups is 2. The molecule has 3 heterocycles. The maximum absolute atomic E-state index is 13.0. The van der Waals surface area contributed by atoms with Crippen molar-refractivity contribution in [3.63, 3.8) is 0 Å². The van der Waals surface area contributed by atoms with E-state index in [-0.39, 0.29) is 29.8 Å². The minimum absolute atomic E-state index is 0.0747. The lowest BCUT2D eigenvalue weighted by molar-refractivity contribution is -0.137. The molecule has 3 atom stereocenters. The molecule has 2 saturated heterocycles. The van der Waals surface area contributed by atoms with E-state index in [1.54, 1.807) is 6.20 Å². The molecule has 0 spiro atoms. The number of piperidine rings is 1. The van der Waals surface area contributed by atoms with Crippen molar-refractivity contribution in [2.24, 2.45) is 5.92 Å². The van der Waals surface area contributed by atoms with E-state index in [0.717, 1.165) is 31.4 Å². The highest BCUT2D eigenvalue weighted by Crippen LogP contribution is 2.25. The lowest BCUT2D eigenvalue weighted by atomic mass is 9.95. The molecule has 7 heteroatoms. The molecule has 0 radical (unpaired) electrons. The van der Waals surface area contributed by atoms with Crippen LogP contribution in [0.2, 0.25) is 0 Å². The summed E-state index contributed by atoms with van der Waals surface area (Å²) in [6.45, 7) is 1.95. The third-order valence-corrected chi connectivity index (χ3v) is 6.52. The van der Waals surface area contributed by atoms with Crippen molar-refractivity contribution in [1.29, 1.82) is 0 Å². The molecule has 0 aromatic carbocycles. The van der Waals surface area contributed by atoms with Gasteiger partial charge in [-0.15, -0.1) is 0 Å². The van der Waals surface area contributed by atoms with E-state index in [4.69, 9.17) is 0 Å². The molecule has 4 rings (SSSR count). The fraction of sp³-hybridized carbons (Fsp3) is 0.609. The first-order chi connectivity index (χ1) is 14.7. The van der Waals surface area contributed by atoms with E-state index in [2.05, 4.69) is 27.2 Å². The molecule has 2 aliphatic heterocycles. The van der Waals surface area contributed by atoms with Gasteiger partial charge in [-0.25, -0.2) is 10.9 Å². The average Bonchev–Trinajstić information content (AvgIpc) is 3.30. The third kappa shape index (κ3) is 5.26. The normalized spacial score (nSPS) is 26.9. The molecule has 2 amide bonds. The van der Waals surface area contributed by atoms with Gasteiger partial charge >= 0.3 is 0 Å². The Morgan fingerprint density at radius 2 is 2.17 bits per heavy atom. The quantitative estimate of drug-likeness (QED) is 0.625. The lowest BCUT2D eigenvalue weighted by Crippen LogP contribution is -2.51. The SMILES string of the molecule is O=C(NCCC1=CCCCC1)C1CCCN(C(=O)C2CC(c3cccnc3)NN2)C1. The van der Waals surface area contributed by atoms with Gasteiger partial charge in [0.25, 0.3) is 0 Å². The zero-order valence-electron chi connectivity index (χ0n) is 17.6. The number of pyridine rings is 1. The lowest BCUT2D eigenvalue weighted by Gasteiger charge is -2.33. The third-order valence-electron chi connectivity index (χ3n) is 6.52. The van der Waals surface area contributed by atoms with Crippen molar-refractivity contribution in [2.75, 3.05) is 19.6 Å². The fourth-order valence-corrected chi connectivity index (χ4v) is 4.75. The molecule has 162 valence electrons. The van der Waals surface area contributed by atoms with Crippen LogP contribution in [-0.2, 0) is 9.59 Å². The molecular weight excluding hydrogens is 378 g/mol. The number of likely N-dealkylation sites (tertiary alicyclic amines) is 1. The number of rotatable bonds is 6. The highest BCUT2D eigenvalue weighted by Gasteiger charge is 2.36. The van der Waals surface area contributed by atoms with Crippen molar-refractivity contribution in [2.45, 2.75) is 63.5 Å². The second kappa shape index (κ2) is 10.2. The average molecular weight is 412 g/mol. The first-order valence-corrected chi connectivity index (χ1v) is 11.4. The zero-order chi connectivity index (χ0) is 20.8. The van der Waals surface area contributed by atoms with Crippen LogP contribution in [0.4, 0.5) is 0 Å². The smallest absolute Gasteiger partial charge is 0.241 e. The molecule has 1 aromatic heterocycles. The summed E-state index contributed by atoms with van der Waals surface area (Å²) in [7, 11) is 0. The number of amides is 2. The Kier molecular flexibility index (Phi) is 7.12. The topological polar surface area (TPSA) is 86.4 Å². The van der Waals surface area contributed by atoms with Crippen LogP contribution < -0.4 is 16.2 Å². The van der Waals surface area contributed by atoms with Crippen LogP contribution in [0.3, 0.4) is 0 Å². The van der Waals surface area contributed by atoms with Crippen LogP contribution in [0.25, 0.3) is 0 Å². The van der Waals surface area contributed by atoms with Gasteiger partial charge in [0.1, 0.15) is 6.04 Å². The number of allylic oxidation sites excluding steroid dienone is 1. The van der Waals surface area contributed by atoms with Crippen molar-refractivity contribution in [3.8, 4) is 0 Å². The maximum Gasteiger partial charge on any atom is 0.241 e. The van der Waals surface area contributed by atoms with E-state index in [1.807, 2.05) is 23.2 Å². The molecule has 30 heavy (non-hydrogen) atoms. The van der Waals surface area contributed by atoms with Gasteiger partial charge in [0, 0.05) is 38.1 Å². The van der Waals surface area contributed by atoms with Gasteiger partial charge in [0.2, 0.25) is 11.8 Å². The van der Waals surface area contributed by atoms with Crippen LogP contribution >= 0.6 is 0 Å². The number of hydrazine groups is 1. The second-order valence-corrected chi connectivity index (χ2v) is 8.69. The van der Waals surface area contributed by atoms with E-state index < -0.39 is 0 Å². The van der Waals surface area contributed by atoms with Crippen LogP contribution in [0.1, 0.15) is 63.0 Å². The van der Waals surface area contributed by atoms with Crippen molar-refractivity contribution < 1.29 is 9.59 Å². The summed E-state index contributed by atoms with van der Waals surface area (Å²) in [6, 6.07) is 3.73. The Balaban J connectivity index is 1.24. The summed E-state index contributed by atoms with van der Waals surface area (Å²) in [5, 5.41) is 3.10. The van der Waals surface area contributed by atoms with Crippen LogP contribution in [0, 0.1) is 5.92 Å². The van der Waals surface area contributed by atoms with Gasteiger partial charge in [-0.05, 0) is 63.0 Å². The predicted octanol–water partition coefficient (Wildman–Crippen LogP) is 2.23. The van der Waals surface area contributed by atoms with Crippen LogP contribution in [0.15, 0.2) is 36.2 Å². The largest absolute Gasteiger partial charge is 0.355 e. The van der Waals surface area contributed by atoms with Crippen molar-refractivity contribution in [3.05, 3.63) is 41.7 Å². The summed E-state index contributed by atoms with van der Waals surface area (Å²) in [4.78, 5) is 31.7. The molecule has 7 nitrogen and oxygen atoms in total. The Morgan fingerprint density at radius 1 is 1.23 bits per heavy atom. The molecule has 3 unspecified atom stereocenters. The summed E-state index contributed by atoms with van der Waals surface area (Å²) in [5.74, 6) is 0.0694. The predicted molar refractivity (Wildman–Crippen MR) is 115 cm³/mol. The standard InChI is InChI=1S/C23H33N5O2/c29-22(25-12-10-17-6-2-1-3-7-17)19-9-5-13-28(16-19)23(30)21-14-20(26-27-21)18-8-4-11-24-15-18/h4,6,8,11,15,19-21,26-27H,1-3,5,7,9-10,12-14,16H2,(H,25,29). The second-order valence-electron chi connectivity index (χ2n) is 8.69. The number of carbonyl (C=O) groups excluding carboxylic acids is 2. The number of nitrogens with zero attached hydrogens (tertiary/aromatic N) is 2. The van der Waals surface area contributed by atoms with Gasteiger partial charge in [-0.2, -0.15) is 0 Å². The number of aromatic nitrogens is 1. The van der Waals surface area contributed by atoms with Gasteiger partial charge in [-0.1, -0.05) is 17.7 Å². The van der Waals surface area contributed by atoms with Gasteiger partial charge in [-0.3, -0.25) is 14.6 Å². The Bertz CT molecular complexity index is 766. The maximum atomic E-state index is 13.0. The summed E-state index contributed by atoms with van der Waals surface area (Å²) in [5.41, 5.74) is 8.91. The van der Waals surface area contributed by atoms with Gasteiger partial charge in [0.05, 0.1) is 5.92 Å². The molecule has 0 bridgehead atoms. The first-order valence-electron chi connectivity index (χ1n) is 11.4. The summed E-state index contributed by atoms with van der Waals surface area (Å²) in [6.07, 6.45) is 14.2. The highest BCUT2D eigenvalue weighted by molar-refractivity contribution is 5.84. The molecule has 2 fully saturated rings. The molecule has 1 aliphatic carbocycles. The monoisotopic (exact) mass is 411 g/mol. The van der Waals surface area contributed by atoms with E-state index in [0.29, 0.717) is 19.5 Å². The number of hydrogen-bond donors (Lipinski definition) is 3. The van der Waals surface area contributed by atoms with Gasteiger partial charge < -0.3 is 10.2 Å². The number of nitrogens with one attached hydrogen (secondary N) is 3. The fourth-order valence-electron chi connectivity index (χ4n) is 4.75. The molecule has 3 N–H and O–H groups in total. The van der Waals surface area contributed by atoms with E-state index >= 15 is 0 Å². The Labute approximate surface area is 178 Å². The molecule has 1 aromatic rings. The molecule has 0 saturated carbocycles. The van der Waals surface area contributed by atoms with E-state index in [1.165, 1.54) is 31.3 Å². The van der Waals surface area contributed by atoms with Crippen LogP contribution in [-0.4, -0.2) is 47.4 Å². The summed E-state index contributed by atoms with van der Waals surface area (Å²) < 4.78 is 0. The van der Waals surface area contributed by atoms with E-state index in [9.17, 15) is 9.59 Å². The zero-order valence-corrected chi connectivity index (χ0v) is 17.6. The molecule has 3 aliphatic rings. The Morgan fingerprint density at radius 3 is 2.97 bits per heavy atom. The number of hydrogen-bond acceptors (Lipinski definition) is 5. The first kappa shape index (κ1) is 21.0. The Hall–Kier alpha value is -2.25. The van der Waals surface area contributed by atoms with Crippen molar-refractivity contribution in [1.82, 2.24) is 26.1 Å². The molecular formula is C23H33N5O2.